The molecule has 1 N–H and O–H groups in total. The summed E-state index contributed by atoms with van der Waals surface area (Å²) in [5, 5.41) is 11.4. The van der Waals surface area contributed by atoms with E-state index in [4.69, 9.17) is 18.7 Å². The second-order valence-corrected chi connectivity index (χ2v) is 10.8. The fourth-order valence-corrected chi connectivity index (χ4v) is 5.01. The molecule has 0 spiro atoms. The van der Waals surface area contributed by atoms with Crippen LogP contribution in [0.25, 0.3) is 17.2 Å². The number of benzene rings is 1. The predicted octanol–water partition coefficient (Wildman–Crippen LogP) is 3.64. The lowest BCUT2D eigenvalue weighted by Crippen LogP contribution is -2.33. The Morgan fingerprint density at radius 1 is 1.08 bits per heavy atom. The lowest BCUT2D eigenvalue weighted by atomic mass is 10.2. The molecule has 39 heavy (non-hydrogen) atoms. The second kappa shape index (κ2) is 11.8. The number of aromatic nitrogens is 6. The zero-order valence-corrected chi connectivity index (χ0v) is 23.4. The van der Waals surface area contributed by atoms with E-state index in [-0.39, 0.29) is 11.8 Å². The number of sulfonamides is 1. The van der Waals surface area contributed by atoms with E-state index in [0.29, 0.717) is 53.1 Å². The molecule has 0 aliphatic rings. The molecule has 14 heteroatoms. The molecule has 1 aromatic carbocycles. The van der Waals surface area contributed by atoms with E-state index in [2.05, 4.69) is 30.0 Å². The second-order valence-electron chi connectivity index (χ2n) is 8.74. The van der Waals surface area contributed by atoms with Crippen LogP contribution in [0.1, 0.15) is 43.5 Å². The molecule has 0 unspecified atom stereocenters. The van der Waals surface area contributed by atoms with Crippen molar-refractivity contribution < 1.29 is 27.2 Å². The van der Waals surface area contributed by atoms with Crippen molar-refractivity contribution >= 4 is 16.0 Å². The van der Waals surface area contributed by atoms with Gasteiger partial charge in [0, 0.05) is 18.9 Å². The van der Waals surface area contributed by atoms with Gasteiger partial charge in [0.15, 0.2) is 11.5 Å². The number of anilines is 1. The highest BCUT2D eigenvalue weighted by atomic mass is 32.2. The summed E-state index contributed by atoms with van der Waals surface area (Å²) in [6.45, 7) is 7.34. The molecule has 208 valence electrons. The highest BCUT2D eigenvalue weighted by Crippen LogP contribution is 2.38. The minimum absolute atomic E-state index is 0.107. The van der Waals surface area contributed by atoms with Gasteiger partial charge in [-0.15, -0.1) is 10.2 Å². The van der Waals surface area contributed by atoms with Crippen LogP contribution in [0.15, 0.2) is 41.2 Å². The van der Waals surface area contributed by atoms with Gasteiger partial charge in [0.2, 0.25) is 16.0 Å². The summed E-state index contributed by atoms with van der Waals surface area (Å²) in [5.74, 6) is 1.43. The topological polar surface area (TPSA) is 156 Å². The maximum atomic E-state index is 13.8. The summed E-state index contributed by atoms with van der Waals surface area (Å²) in [6, 6.07) is 6.83. The molecule has 0 fully saturated rings. The number of aryl methyl sites for hydroxylation is 2. The quantitative estimate of drug-likeness (QED) is 0.271. The molecule has 4 aromatic rings. The Balaban J connectivity index is 1.81. The monoisotopic (exact) mass is 557 g/mol. The van der Waals surface area contributed by atoms with Gasteiger partial charge >= 0.3 is 0 Å². The van der Waals surface area contributed by atoms with Gasteiger partial charge in [-0.05, 0) is 39.3 Å². The SMILES string of the molecule is CCCO[C@@H](c1cnc(C)cn1)[C@H](C)S(=O)(=O)Nc1nnc(-c2cc(C)on2)n1-c1c(OC)cccc1OC. The van der Waals surface area contributed by atoms with E-state index in [9.17, 15) is 8.42 Å². The number of hydrogen-bond acceptors (Lipinski definition) is 11. The Labute approximate surface area is 226 Å². The minimum atomic E-state index is -4.13. The van der Waals surface area contributed by atoms with Crippen LogP contribution in [0.5, 0.6) is 11.5 Å². The number of nitrogens with zero attached hydrogens (tertiary/aromatic N) is 6. The Morgan fingerprint density at radius 3 is 2.36 bits per heavy atom. The zero-order chi connectivity index (χ0) is 28.2. The predicted molar refractivity (Wildman–Crippen MR) is 142 cm³/mol. The summed E-state index contributed by atoms with van der Waals surface area (Å²) < 4.78 is 53.9. The Kier molecular flexibility index (Phi) is 8.45. The van der Waals surface area contributed by atoms with E-state index < -0.39 is 21.4 Å². The fourth-order valence-electron chi connectivity index (χ4n) is 3.89. The highest BCUT2D eigenvalue weighted by molar-refractivity contribution is 7.93. The van der Waals surface area contributed by atoms with Crippen molar-refractivity contribution in [2.45, 2.75) is 45.5 Å². The first-order valence-electron chi connectivity index (χ1n) is 12.2. The van der Waals surface area contributed by atoms with Gasteiger partial charge in [-0.25, -0.2) is 8.42 Å². The van der Waals surface area contributed by atoms with Crippen molar-refractivity contribution in [3.8, 4) is 28.7 Å². The molecule has 3 heterocycles. The van der Waals surface area contributed by atoms with Crippen LogP contribution in [-0.4, -0.2) is 64.4 Å². The average Bonchev–Trinajstić information content (AvgIpc) is 3.54. The molecule has 0 radical (unpaired) electrons. The minimum Gasteiger partial charge on any atom is -0.494 e. The van der Waals surface area contributed by atoms with Crippen molar-refractivity contribution in [2.75, 3.05) is 25.5 Å². The molecule has 13 nitrogen and oxygen atoms in total. The Hall–Kier alpha value is -4.04. The third kappa shape index (κ3) is 5.86. The van der Waals surface area contributed by atoms with Crippen LogP contribution >= 0.6 is 0 Å². The van der Waals surface area contributed by atoms with E-state index in [0.717, 1.165) is 0 Å². The van der Waals surface area contributed by atoms with Gasteiger partial charge in [0.1, 0.15) is 34.3 Å². The number of para-hydroxylation sites is 1. The van der Waals surface area contributed by atoms with E-state index in [1.165, 1.54) is 31.9 Å². The summed E-state index contributed by atoms with van der Waals surface area (Å²) in [6.07, 6.45) is 2.90. The average molecular weight is 558 g/mol. The molecule has 0 amide bonds. The lowest BCUT2D eigenvalue weighted by Gasteiger charge is -2.24. The van der Waals surface area contributed by atoms with Crippen LogP contribution < -0.4 is 14.2 Å². The van der Waals surface area contributed by atoms with Gasteiger partial charge in [-0.1, -0.05) is 18.1 Å². The third-order valence-corrected chi connectivity index (χ3v) is 7.58. The first kappa shape index (κ1) is 28.0. The number of rotatable bonds is 12. The first-order chi connectivity index (χ1) is 18.7. The standard InChI is InChI=1S/C25H31N7O6S/c1-7-11-37-23(19-14-26-15(2)13-27-19)17(4)39(33,34)31-25-29-28-24(18-12-16(3)38-30-18)32(25)22-20(35-5)9-8-10-21(22)36-6/h8-10,12-14,17,23H,7,11H2,1-6H3,(H,29,31)/t17-,23+/m0/s1. The zero-order valence-electron chi connectivity index (χ0n) is 22.6. The van der Waals surface area contributed by atoms with Gasteiger partial charge in [-0.3, -0.25) is 19.3 Å². The lowest BCUT2D eigenvalue weighted by molar-refractivity contribution is 0.0495. The van der Waals surface area contributed by atoms with Crippen molar-refractivity contribution in [3.05, 3.63) is 53.8 Å². The summed E-state index contributed by atoms with van der Waals surface area (Å²) in [5.41, 5.74) is 1.82. The van der Waals surface area contributed by atoms with Crippen molar-refractivity contribution in [1.29, 1.82) is 0 Å². The summed E-state index contributed by atoms with van der Waals surface area (Å²) in [4.78, 5) is 8.62. The van der Waals surface area contributed by atoms with E-state index >= 15 is 0 Å². The van der Waals surface area contributed by atoms with Gasteiger partial charge in [0.05, 0.1) is 31.8 Å². The van der Waals surface area contributed by atoms with Crippen LogP contribution in [-0.2, 0) is 14.8 Å². The Morgan fingerprint density at radius 2 is 1.79 bits per heavy atom. The van der Waals surface area contributed by atoms with Crippen molar-refractivity contribution in [1.82, 2.24) is 29.9 Å². The van der Waals surface area contributed by atoms with Crippen LogP contribution in [0, 0.1) is 13.8 Å². The molecule has 2 atom stereocenters. The summed E-state index contributed by atoms with van der Waals surface area (Å²) in [7, 11) is -1.14. The summed E-state index contributed by atoms with van der Waals surface area (Å²) >= 11 is 0. The van der Waals surface area contributed by atoms with Crippen LogP contribution in [0.2, 0.25) is 0 Å². The molecular formula is C25H31N7O6S. The molecule has 3 aromatic heterocycles. The molecule has 0 saturated heterocycles. The maximum absolute atomic E-state index is 13.8. The molecule has 0 aliphatic heterocycles. The maximum Gasteiger partial charge on any atom is 0.243 e. The van der Waals surface area contributed by atoms with Crippen LogP contribution in [0.4, 0.5) is 5.95 Å². The smallest absolute Gasteiger partial charge is 0.243 e. The number of nitrogens with one attached hydrogen (secondary N) is 1. The molecule has 4 rings (SSSR count). The fraction of sp³-hybridized carbons (Fsp3) is 0.400. The highest BCUT2D eigenvalue weighted by Gasteiger charge is 2.35. The first-order valence-corrected chi connectivity index (χ1v) is 13.8. The van der Waals surface area contributed by atoms with Gasteiger partial charge in [0.25, 0.3) is 0 Å². The van der Waals surface area contributed by atoms with E-state index in [1.54, 1.807) is 44.3 Å². The third-order valence-electron chi connectivity index (χ3n) is 5.89. The molecule has 0 bridgehead atoms. The van der Waals surface area contributed by atoms with Gasteiger partial charge < -0.3 is 18.7 Å². The van der Waals surface area contributed by atoms with Crippen molar-refractivity contribution in [2.24, 2.45) is 0 Å². The largest absolute Gasteiger partial charge is 0.494 e. The normalized spacial score (nSPS) is 13.2. The van der Waals surface area contributed by atoms with Crippen molar-refractivity contribution in [3.63, 3.8) is 0 Å². The van der Waals surface area contributed by atoms with Gasteiger partial charge in [-0.2, -0.15) is 0 Å². The molecule has 0 saturated carbocycles. The number of hydrogen-bond donors (Lipinski definition) is 1. The Bertz CT molecular complexity index is 1500. The van der Waals surface area contributed by atoms with E-state index in [1.807, 2.05) is 6.92 Å². The molecular weight excluding hydrogens is 526 g/mol. The molecule has 0 aliphatic carbocycles. The van der Waals surface area contributed by atoms with Crippen LogP contribution in [0.3, 0.4) is 0 Å². The number of ether oxygens (including phenoxy) is 3. The number of methoxy groups -OCH3 is 2.